The van der Waals surface area contributed by atoms with Gasteiger partial charge in [0.2, 0.25) is 0 Å². The van der Waals surface area contributed by atoms with Gasteiger partial charge in [-0.2, -0.15) is 0 Å². The molecule has 0 aliphatic heterocycles. The molecule has 1 aliphatic rings. The third kappa shape index (κ3) is 4.91. The molecule has 21 heavy (non-hydrogen) atoms. The number of benzene rings is 1. The molecule has 0 aromatic heterocycles. The summed E-state index contributed by atoms with van der Waals surface area (Å²) >= 11 is 0. The van der Waals surface area contributed by atoms with Gasteiger partial charge in [-0.15, -0.1) is 0 Å². The molecule has 0 saturated carbocycles. The van der Waals surface area contributed by atoms with E-state index in [2.05, 4.69) is 0 Å². The van der Waals surface area contributed by atoms with Gasteiger partial charge < -0.3 is 9.47 Å². The number of rotatable bonds is 3. The molecular weight excluding hydrogens is 274 g/mol. The maximum Gasteiger partial charge on any atom is 0.514 e. The van der Waals surface area contributed by atoms with E-state index in [9.17, 15) is 14.9 Å². The summed E-state index contributed by atoms with van der Waals surface area (Å²) in [5, 5.41) is 10.5. The zero-order chi connectivity index (χ0) is 15.1. The van der Waals surface area contributed by atoms with E-state index in [1.54, 1.807) is 0 Å². The zero-order valence-corrected chi connectivity index (χ0v) is 11.6. The summed E-state index contributed by atoms with van der Waals surface area (Å²) < 4.78 is 10.2. The lowest BCUT2D eigenvalue weighted by Crippen LogP contribution is -2.19. The average Bonchev–Trinajstić information content (AvgIpc) is 2.42. The van der Waals surface area contributed by atoms with Crippen molar-refractivity contribution in [2.24, 2.45) is 0 Å². The highest BCUT2D eigenvalue weighted by atomic mass is 16.7. The van der Waals surface area contributed by atoms with Gasteiger partial charge >= 0.3 is 6.16 Å². The summed E-state index contributed by atoms with van der Waals surface area (Å²) in [5.74, 6) is 0.223. The molecule has 0 bridgehead atoms. The van der Waals surface area contributed by atoms with Crippen molar-refractivity contribution in [2.75, 3.05) is 0 Å². The van der Waals surface area contributed by atoms with E-state index >= 15 is 0 Å². The second-order valence-corrected chi connectivity index (χ2v) is 4.83. The molecule has 0 heterocycles. The number of non-ortho nitro benzene ring substituents is 1. The molecular formula is C15H17NO5. The van der Waals surface area contributed by atoms with E-state index in [1.165, 1.54) is 24.3 Å². The molecule has 1 atom stereocenters. The fourth-order valence-electron chi connectivity index (χ4n) is 2.11. The minimum absolute atomic E-state index is 0.0568. The number of carbonyl (C=O) groups excluding carboxylic acids is 1. The maximum atomic E-state index is 11.7. The predicted molar refractivity (Wildman–Crippen MR) is 76.2 cm³/mol. The lowest BCUT2D eigenvalue weighted by Gasteiger charge is -2.15. The number of nitro benzene ring substituents is 1. The van der Waals surface area contributed by atoms with E-state index in [4.69, 9.17) is 9.47 Å². The Morgan fingerprint density at radius 1 is 1.19 bits per heavy atom. The van der Waals surface area contributed by atoms with Crippen molar-refractivity contribution >= 4 is 11.8 Å². The van der Waals surface area contributed by atoms with E-state index in [-0.39, 0.29) is 17.5 Å². The number of nitro groups is 1. The van der Waals surface area contributed by atoms with E-state index in [0.717, 1.165) is 32.1 Å². The van der Waals surface area contributed by atoms with Crippen LogP contribution in [-0.2, 0) is 4.74 Å². The highest BCUT2D eigenvalue weighted by molar-refractivity contribution is 5.64. The Morgan fingerprint density at radius 3 is 2.67 bits per heavy atom. The minimum Gasteiger partial charge on any atom is -0.426 e. The zero-order valence-electron chi connectivity index (χ0n) is 11.6. The molecule has 0 amide bonds. The van der Waals surface area contributed by atoms with Crippen molar-refractivity contribution in [1.82, 2.24) is 0 Å². The SMILES string of the molecule is O=C(Oc1ccc([N+](=O)[O-])cc1)O[C@H]1/C=C/CCCCC1. The Balaban J connectivity index is 1.88. The van der Waals surface area contributed by atoms with Crippen LogP contribution in [0.15, 0.2) is 36.4 Å². The summed E-state index contributed by atoms with van der Waals surface area (Å²) in [7, 11) is 0. The standard InChI is InChI=1S/C15H17NO5/c17-15(20-13-6-4-2-1-3-5-7-13)21-14-10-8-12(9-11-14)16(18)19/h4,6,8-11,13H,1-3,5,7H2/b6-4+/t13-/m0/s1. The Morgan fingerprint density at radius 2 is 1.95 bits per heavy atom. The summed E-state index contributed by atoms with van der Waals surface area (Å²) in [5.41, 5.74) is -0.0568. The number of carbonyl (C=O) groups is 1. The van der Waals surface area contributed by atoms with Crippen molar-refractivity contribution in [2.45, 2.75) is 38.2 Å². The van der Waals surface area contributed by atoms with E-state index < -0.39 is 11.1 Å². The number of ether oxygens (including phenoxy) is 2. The highest BCUT2D eigenvalue weighted by Gasteiger charge is 2.15. The summed E-state index contributed by atoms with van der Waals surface area (Å²) in [6.07, 6.45) is 7.93. The summed E-state index contributed by atoms with van der Waals surface area (Å²) in [6, 6.07) is 5.29. The smallest absolute Gasteiger partial charge is 0.426 e. The van der Waals surface area contributed by atoms with Crippen molar-refractivity contribution in [3.8, 4) is 5.75 Å². The van der Waals surface area contributed by atoms with Gasteiger partial charge in [0.25, 0.3) is 5.69 Å². The molecule has 0 radical (unpaired) electrons. The first-order chi connectivity index (χ1) is 10.1. The van der Waals surface area contributed by atoms with Gasteiger partial charge in [0, 0.05) is 12.1 Å². The van der Waals surface area contributed by atoms with Gasteiger partial charge in [0.05, 0.1) is 4.92 Å². The van der Waals surface area contributed by atoms with Gasteiger partial charge in [-0.1, -0.05) is 12.5 Å². The molecule has 6 heteroatoms. The number of allylic oxidation sites excluding steroid dienone is 1. The maximum absolute atomic E-state index is 11.7. The monoisotopic (exact) mass is 291 g/mol. The van der Waals surface area contributed by atoms with Crippen LogP contribution >= 0.6 is 0 Å². The van der Waals surface area contributed by atoms with Gasteiger partial charge in [0.15, 0.2) is 0 Å². The molecule has 1 aromatic carbocycles. The first-order valence-corrected chi connectivity index (χ1v) is 6.95. The highest BCUT2D eigenvalue weighted by Crippen LogP contribution is 2.19. The van der Waals surface area contributed by atoms with Crippen LogP contribution in [0.25, 0.3) is 0 Å². The number of nitrogens with zero attached hydrogens (tertiary/aromatic N) is 1. The molecule has 0 fully saturated rings. The van der Waals surface area contributed by atoms with Gasteiger partial charge in [-0.25, -0.2) is 4.79 Å². The van der Waals surface area contributed by atoms with Crippen molar-refractivity contribution in [3.05, 3.63) is 46.5 Å². The number of hydrogen-bond acceptors (Lipinski definition) is 5. The molecule has 1 aromatic rings. The van der Waals surface area contributed by atoms with Gasteiger partial charge in [-0.3, -0.25) is 10.1 Å². The topological polar surface area (TPSA) is 78.7 Å². The fourth-order valence-corrected chi connectivity index (χ4v) is 2.11. The van der Waals surface area contributed by atoms with Crippen LogP contribution in [0.5, 0.6) is 5.75 Å². The van der Waals surface area contributed by atoms with E-state index in [1.807, 2.05) is 12.2 Å². The van der Waals surface area contributed by atoms with Crippen LogP contribution in [0, 0.1) is 10.1 Å². The molecule has 2 rings (SSSR count). The van der Waals surface area contributed by atoms with Crippen LogP contribution in [-0.4, -0.2) is 17.2 Å². The van der Waals surface area contributed by atoms with Crippen LogP contribution in [0.4, 0.5) is 10.5 Å². The molecule has 112 valence electrons. The Labute approximate surface area is 122 Å². The molecule has 0 unspecified atom stereocenters. The van der Waals surface area contributed by atoms with Gasteiger partial charge in [-0.05, 0) is 43.9 Å². The molecule has 1 aliphatic carbocycles. The lowest BCUT2D eigenvalue weighted by molar-refractivity contribution is -0.384. The largest absolute Gasteiger partial charge is 0.514 e. The molecule has 0 spiro atoms. The van der Waals surface area contributed by atoms with Gasteiger partial charge in [0.1, 0.15) is 11.9 Å². The van der Waals surface area contributed by atoms with E-state index in [0.29, 0.717) is 0 Å². The molecule has 0 saturated heterocycles. The first kappa shape index (κ1) is 15.0. The normalized spacial score (nSPS) is 19.9. The van der Waals surface area contributed by atoms with Crippen molar-refractivity contribution in [1.29, 1.82) is 0 Å². The quantitative estimate of drug-likeness (QED) is 0.276. The molecule has 6 nitrogen and oxygen atoms in total. The van der Waals surface area contributed by atoms with Crippen LogP contribution in [0.2, 0.25) is 0 Å². The third-order valence-corrected chi connectivity index (χ3v) is 3.21. The number of hydrogen-bond donors (Lipinski definition) is 0. The van der Waals surface area contributed by atoms with Crippen LogP contribution in [0.1, 0.15) is 32.1 Å². The Hall–Kier alpha value is -2.37. The third-order valence-electron chi connectivity index (χ3n) is 3.21. The fraction of sp³-hybridized carbons (Fsp3) is 0.400. The first-order valence-electron chi connectivity index (χ1n) is 6.95. The Bertz CT molecular complexity index is 523. The van der Waals surface area contributed by atoms with Crippen LogP contribution in [0.3, 0.4) is 0 Å². The lowest BCUT2D eigenvalue weighted by atomic mass is 10.0. The van der Waals surface area contributed by atoms with Crippen molar-refractivity contribution < 1.29 is 19.2 Å². The molecule has 0 N–H and O–H groups in total. The van der Waals surface area contributed by atoms with Crippen molar-refractivity contribution in [3.63, 3.8) is 0 Å². The second kappa shape index (κ2) is 7.42. The average molecular weight is 291 g/mol. The second-order valence-electron chi connectivity index (χ2n) is 4.83. The van der Waals surface area contributed by atoms with Crippen LogP contribution < -0.4 is 4.74 Å². The predicted octanol–water partition coefficient (Wildman–Crippen LogP) is 4.00. The summed E-state index contributed by atoms with van der Waals surface area (Å²) in [6.45, 7) is 0. The summed E-state index contributed by atoms with van der Waals surface area (Å²) in [4.78, 5) is 21.7. The Kier molecular flexibility index (Phi) is 5.31. The minimum atomic E-state index is -0.793.